The number of hydrogen-bond donors (Lipinski definition) is 1. The predicted molar refractivity (Wildman–Crippen MR) is 115 cm³/mol. The van der Waals surface area contributed by atoms with Crippen LogP contribution in [0, 0.1) is 5.82 Å². The second kappa shape index (κ2) is 8.65. The normalized spacial score (nSPS) is 12.8. The van der Waals surface area contributed by atoms with Gasteiger partial charge in [0.1, 0.15) is 5.82 Å². The maximum atomic E-state index is 13.5. The highest BCUT2D eigenvalue weighted by molar-refractivity contribution is 7.14. The average molecular weight is 439 g/mol. The Balaban J connectivity index is 1.57. The van der Waals surface area contributed by atoms with Crippen LogP contribution < -0.4 is 10.2 Å². The SMILES string of the molecule is COC(=O)C(=O)Nc1nc(-c2ccc3c(c2)CCCN3C(=O)c2cccc(F)c2)cs1. The van der Waals surface area contributed by atoms with E-state index in [0.29, 0.717) is 17.8 Å². The molecule has 7 nitrogen and oxygen atoms in total. The molecule has 0 bridgehead atoms. The van der Waals surface area contributed by atoms with E-state index in [4.69, 9.17) is 0 Å². The summed E-state index contributed by atoms with van der Waals surface area (Å²) in [4.78, 5) is 41.8. The average Bonchev–Trinajstić information content (AvgIpc) is 3.25. The maximum absolute atomic E-state index is 13.5. The molecule has 0 spiro atoms. The van der Waals surface area contributed by atoms with Gasteiger partial charge in [-0.3, -0.25) is 14.9 Å². The summed E-state index contributed by atoms with van der Waals surface area (Å²) in [5.41, 5.74) is 3.55. The number of nitrogens with zero attached hydrogens (tertiary/aromatic N) is 2. The minimum atomic E-state index is -0.992. The monoisotopic (exact) mass is 439 g/mol. The number of fused-ring (bicyclic) bond motifs is 1. The number of carbonyl (C=O) groups is 3. The number of rotatable bonds is 3. The van der Waals surface area contributed by atoms with Gasteiger partial charge >= 0.3 is 11.9 Å². The number of benzene rings is 2. The van der Waals surface area contributed by atoms with Gasteiger partial charge in [-0.1, -0.05) is 12.1 Å². The fourth-order valence-corrected chi connectivity index (χ4v) is 4.16. The van der Waals surface area contributed by atoms with Gasteiger partial charge in [-0.2, -0.15) is 0 Å². The van der Waals surface area contributed by atoms with E-state index in [0.717, 1.165) is 36.8 Å². The van der Waals surface area contributed by atoms with Crippen molar-refractivity contribution in [3.63, 3.8) is 0 Å². The van der Waals surface area contributed by atoms with Crippen LogP contribution in [0.25, 0.3) is 11.3 Å². The summed E-state index contributed by atoms with van der Waals surface area (Å²) in [6.45, 7) is 0.558. The highest BCUT2D eigenvalue weighted by Crippen LogP contribution is 2.33. The quantitative estimate of drug-likeness (QED) is 0.497. The van der Waals surface area contributed by atoms with Crippen LogP contribution in [0.4, 0.5) is 15.2 Å². The Kier molecular flexibility index (Phi) is 5.77. The van der Waals surface area contributed by atoms with E-state index in [1.165, 1.54) is 29.5 Å². The molecule has 4 rings (SSSR count). The third kappa shape index (κ3) is 4.31. The molecule has 0 radical (unpaired) electrons. The van der Waals surface area contributed by atoms with Crippen molar-refractivity contribution in [3.8, 4) is 11.3 Å². The zero-order valence-corrected chi connectivity index (χ0v) is 17.4. The highest BCUT2D eigenvalue weighted by Gasteiger charge is 2.24. The number of methoxy groups -OCH3 is 1. The number of aromatic nitrogens is 1. The molecule has 0 unspecified atom stereocenters. The van der Waals surface area contributed by atoms with E-state index in [-0.39, 0.29) is 11.0 Å². The molecule has 158 valence electrons. The Bertz CT molecular complexity index is 1180. The standard InChI is InChI=1S/C22H18FN3O4S/c1-30-21(29)19(27)25-22-24-17(12-31-22)13-7-8-18-14(10-13)5-3-9-26(18)20(28)15-4-2-6-16(23)11-15/h2,4,6-8,10-12H,3,5,9H2,1H3,(H,24,25,27). The molecule has 0 saturated heterocycles. The molecule has 9 heteroatoms. The van der Waals surface area contributed by atoms with Gasteiger partial charge in [-0.25, -0.2) is 14.2 Å². The minimum absolute atomic E-state index is 0.241. The molecular weight excluding hydrogens is 421 g/mol. The van der Waals surface area contributed by atoms with Crippen LogP contribution in [0.5, 0.6) is 0 Å². The molecule has 3 aromatic rings. The number of amides is 2. The molecule has 0 fully saturated rings. The molecule has 2 amide bonds. The van der Waals surface area contributed by atoms with Crippen LogP contribution in [0.1, 0.15) is 22.3 Å². The summed E-state index contributed by atoms with van der Waals surface area (Å²) < 4.78 is 17.9. The summed E-state index contributed by atoms with van der Waals surface area (Å²) in [5.74, 6) is -2.57. The van der Waals surface area contributed by atoms with Gasteiger partial charge in [0, 0.05) is 28.7 Å². The third-order valence-electron chi connectivity index (χ3n) is 4.91. The van der Waals surface area contributed by atoms with E-state index in [1.807, 2.05) is 18.2 Å². The van der Waals surface area contributed by atoms with Crippen molar-refractivity contribution in [1.29, 1.82) is 0 Å². The number of halogens is 1. The molecular formula is C22H18FN3O4S. The lowest BCUT2D eigenvalue weighted by Gasteiger charge is -2.30. The van der Waals surface area contributed by atoms with Crippen LogP contribution in [-0.4, -0.2) is 36.4 Å². The number of carbonyl (C=O) groups excluding carboxylic acids is 3. The molecule has 0 atom stereocenters. The van der Waals surface area contributed by atoms with Crippen molar-refractivity contribution in [2.24, 2.45) is 0 Å². The fourth-order valence-electron chi connectivity index (χ4n) is 3.45. The van der Waals surface area contributed by atoms with Gasteiger partial charge in [0.25, 0.3) is 5.91 Å². The number of thiazole rings is 1. The van der Waals surface area contributed by atoms with E-state index in [2.05, 4.69) is 15.0 Å². The van der Waals surface area contributed by atoms with Gasteiger partial charge in [0.05, 0.1) is 12.8 Å². The smallest absolute Gasteiger partial charge is 0.396 e. The van der Waals surface area contributed by atoms with E-state index in [9.17, 15) is 18.8 Å². The van der Waals surface area contributed by atoms with E-state index < -0.39 is 17.7 Å². The lowest BCUT2D eigenvalue weighted by molar-refractivity contribution is -0.150. The molecule has 1 N–H and O–H groups in total. The summed E-state index contributed by atoms with van der Waals surface area (Å²) >= 11 is 1.19. The largest absolute Gasteiger partial charge is 0.462 e. The van der Waals surface area contributed by atoms with E-state index >= 15 is 0 Å². The van der Waals surface area contributed by atoms with Crippen molar-refractivity contribution in [1.82, 2.24) is 4.98 Å². The van der Waals surface area contributed by atoms with Crippen molar-refractivity contribution in [3.05, 3.63) is 64.8 Å². The Hall–Kier alpha value is -3.59. The molecule has 2 aromatic carbocycles. The molecule has 31 heavy (non-hydrogen) atoms. The number of esters is 1. The Morgan fingerprint density at radius 1 is 1.19 bits per heavy atom. The minimum Gasteiger partial charge on any atom is -0.462 e. The van der Waals surface area contributed by atoms with Crippen molar-refractivity contribution < 1.29 is 23.5 Å². The molecule has 2 heterocycles. The highest BCUT2D eigenvalue weighted by atomic mass is 32.1. The maximum Gasteiger partial charge on any atom is 0.396 e. The Morgan fingerprint density at radius 2 is 2.03 bits per heavy atom. The van der Waals surface area contributed by atoms with Crippen molar-refractivity contribution >= 4 is 39.9 Å². The predicted octanol–water partition coefficient (Wildman–Crippen LogP) is 3.65. The second-order valence-corrected chi connectivity index (χ2v) is 7.76. The summed E-state index contributed by atoms with van der Waals surface area (Å²) in [7, 11) is 1.13. The first-order chi connectivity index (χ1) is 15.0. The summed E-state index contributed by atoms with van der Waals surface area (Å²) in [6.07, 6.45) is 1.58. The zero-order chi connectivity index (χ0) is 22.0. The van der Waals surface area contributed by atoms with Crippen LogP contribution in [-0.2, 0) is 20.7 Å². The summed E-state index contributed by atoms with van der Waals surface area (Å²) in [5, 5.41) is 4.45. The summed E-state index contributed by atoms with van der Waals surface area (Å²) in [6, 6.07) is 11.3. The number of nitrogens with one attached hydrogen (secondary N) is 1. The lowest BCUT2D eigenvalue weighted by atomic mass is 9.97. The van der Waals surface area contributed by atoms with Crippen LogP contribution in [0.2, 0.25) is 0 Å². The van der Waals surface area contributed by atoms with Gasteiger partial charge in [-0.05, 0) is 48.7 Å². The molecule has 1 aromatic heterocycles. The van der Waals surface area contributed by atoms with Gasteiger partial charge in [-0.15, -0.1) is 11.3 Å². The zero-order valence-electron chi connectivity index (χ0n) is 16.6. The Morgan fingerprint density at radius 3 is 2.81 bits per heavy atom. The van der Waals surface area contributed by atoms with Gasteiger partial charge in [0.2, 0.25) is 0 Å². The van der Waals surface area contributed by atoms with E-state index in [1.54, 1.807) is 16.3 Å². The van der Waals surface area contributed by atoms with Gasteiger partial charge < -0.3 is 9.64 Å². The van der Waals surface area contributed by atoms with Crippen LogP contribution >= 0.6 is 11.3 Å². The number of ether oxygens (including phenoxy) is 1. The molecule has 1 aliphatic rings. The van der Waals surface area contributed by atoms with Gasteiger partial charge in [0.15, 0.2) is 5.13 Å². The van der Waals surface area contributed by atoms with Crippen LogP contribution in [0.15, 0.2) is 47.8 Å². The number of hydrogen-bond acceptors (Lipinski definition) is 6. The topological polar surface area (TPSA) is 88.6 Å². The number of anilines is 2. The lowest BCUT2D eigenvalue weighted by Crippen LogP contribution is -2.35. The fraction of sp³-hybridized carbons (Fsp3) is 0.182. The Labute approximate surface area is 181 Å². The number of aryl methyl sites for hydroxylation is 1. The molecule has 0 saturated carbocycles. The molecule has 0 aliphatic carbocycles. The first kappa shape index (κ1) is 20.7. The second-order valence-electron chi connectivity index (χ2n) is 6.90. The molecule has 1 aliphatic heterocycles. The van der Waals surface area contributed by atoms with Crippen LogP contribution in [0.3, 0.4) is 0 Å². The first-order valence-electron chi connectivity index (χ1n) is 9.52. The third-order valence-corrected chi connectivity index (χ3v) is 5.66. The first-order valence-corrected chi connectivity index (χ1v) is 10.4. The van der Waals surface area contributed by atoms with Crippen molar-refractivity contribution in [2.45, 2.75) is 12.8 Å². The van der Waals surface area contributed by atoms with Crippen molar-refractivity contribution in [2.75, 3.05) is 23.9 Å².